The molecule has 0 aromatic rings. The van der Waals surface area contributed by atoms with Crippen molar-refractivity contribution in [1.82, 2.24) is 0 Å². The Morgan fingerprint density at radius 1 is 0.966 bits per heavy atom. The van der Waals surface area contributed by atoms with E-state index in [2.05, 4.69) is 13.8 Å². The maximum absolute atomic E-state index is 13.7. The first-order valence-electron chi connectivity index (χ1n) is 11.9. The highest BCUT2D eigenvalue weighted by Crippen LogP contribution is 2.68. The molecule has 7 atom stereocenters. The van der Waals surface area contributed by atoms with Gasteiger partial charge in [-0.1, -0.05) is 20.8 Å². The minimum atomic E-state index is -0.104. The number of carbonyl (C=O) groups excluding carboxylic acids is 2. The van der Waals surface area contributed by atoms with Gasteiger partial charge in [0.05, 0.1) is 0 Å². The average molecular weight is 437 g/mol. The third-order valence-corrected chi connectivity index (χ3v) is 13.3. The maximum atomic E-state index is 13.7. The van der Waals surface area contributed by atoms with E-state index in [4.69, 9.17) is 4.74 Å². The Morgan fingerprint density at radius 3 is 2.41 bits per heavy atom. The first kappa shape index (κ1) is 20.7. The van der Waals surface area contributed by atoms with Crippen molar-refractivity contribution in [3.05, 3.63) is 0 Å². The van der Waals surface area contributed by atoms with Gasteiger partial charge in [-0.2, -0.15) is 0 Å². The van der Waals surface area contributed by atoms with Crippen molar-refractivity contribution in [1.29, 1.82) is 0 Å². The van der Waals surface area contributed by atoms with Gasteiger partial charge in [0, 0.05) is 29.3 Å². The first-order chi connectivity index (χ1) is 13.8. The second-order valence-electron chi connectivity index (χ2n) is 10.8. The number of thioether (sulfide) groups is 2. The number of esters is 1. The van der Waals surface area contributed by atoms with Gasteiger partial charge < -0.3 is 4.74 Å². The van der Waals surface area contributed by atoms with Crippen LogP contribution in [0, 0.1) is 34.5 Å². The third-order valence-electron chi connectivity index (χ3n) is 9.78. The van der Waals surface area contributed by atoms with Gasteiger partial charge in [-0.05, 0) is 74.5 Å². The van der Waals surface area contributed by atoms with E-state index in [0.717, 1.165) is 37.2 Å². The van der Waals surface area contributed by atoms with Crippen molar-refractivity contribution in [3.8, 4) is 0 Å². The van der Waals surface area contributed by atoms with Crippen LogP contribution in [0.15, 0.2) is 0 Å². The highest BCUT2D eigenvalue weighted by atomic mass is 32.2. The molecule has 0 N–H and O–H groups in total. The third kappa shape index (κ3) is 2.92. The molecule has 1 heterocycles. The first-order valence-corrected chi connectivity index (χ1v) is 13.8. The largest absolute Gasteiger partial charge is 0.462 e. The molecule has 162 valence electrons. The van der Waals surface area contributed by atoms with Crippen molar-refractivity contribution >= 4 is 35.3 Å². The van der Waals surface area contributed by atoms with E-state index in [-0.39, 0.29) is 32.9 Å². The Hall–Kier alpha value is -0.160. The summed E-state index contributed by atoms with van der Waals surface area (Å²) in [6, 6.07) is 0. The van der Waals surface area contributed by atoms with Crippen LogP contribution in [0.3, 0.4) is 0 Å². The quantitative estimate of drug-likeness (QED) is 0.519. The van der Waals surface area contributed by atoms with Crippen LogP contribution in [0.2, 0.25) is 0 Å². The molecule has 4 aliphatic carbocycles. The summed E-state index contributed by atoms with van der Waals surface area (Å²) < 4.78 is 5.82. The number of carbonyl (C=O) groups is 2. The van der Waals surface area contributed by atoms with Gasteiger partial charge in [0.15, 0.2) is 5.78 Å². The van der Waals surface area contributed by atoms with Crippen molar-refractivity contribution in [3.63, 3.8) is 0 Å². The Bertz CT molecular complexity index is 702. The smallest absolute Gasteiger partial charge is 0.305 e. The predicted octanol–water partition coefficient (Wildman–Crippen LogP) is 5.71. The molecule has 0 aromatic carbocycles. The molecular formula is C24H36O3S2. The lowest BCUT2D eigenvalue weighted by Gasteiger charge is -2.61. The lowest BCUT2D eigenvalue weighted by molar-refractivity contribution is -0.166. The summed E-state index contributed by atoms with van der Waals surface area (Å²) in [6.45, 7) is 6.76. The van der Waals surface area contributed by atoms with Crippen LogP contribution >= 0.6 is 23.5 Å². The minimum absolute atomic E-state index is 0.0376. The van der Waals surface area contributed by atoms with Crippen LogP contribution in [0.4, 0.5) is 0 Å². The van der Waals surface area contributed by atoms with Crippen molar-refractivity contribution in [2.45, 2.75) is 88.7 Å². The molecule has 1 saturated heterocycles. The molecule has 0 aromatic heterocycles. The van der Waals surface area contributed by atoms with Gasteiger partial charge in [-0.15, -0.1) is 23.5 Å². The molecule has 5 aliphatic rings. The van der Waals surface area contributed by atoms with Gasteiger partial charge >= 0.3 is 5.97 Å². The predicted molar refractivity (Wildman–Crippen MR) is 120 cm³/mol. The van der Waals surface area contributed by atoms with Crippen molar-refractivity contribution in [2.24, 2.45) is 34.5 Å². The second-order valence-corrected chi connectivity index (χ2v) is 13.8. The van der Waals surface area contributed by atoms with E-state index in [0.29, 0.717) is 30.0 Å². The highest BCUT2D eigenvalue weighted by Gasteiger charge is 2.64. The molecule has 5 fully saturated rings. The van der Waals surface area contributed by atoms with Gasteiger partial charge in [0.25, 0.3) is 0 Å². The minimum Gasteiger partial charge on any atom is -0.462 e. The summed E-state index contributed by atoms with van der Waals surface area (Å²) in [4.78, 5) is 25.7. The summed E-state index contributed by atoms with van der Waals surface area (Å²) in [5, 5.41) is 0. The van der Waals surface area contributed by atoms with Crippen LogP contribution in [0.5, 0.6) is 0 Å². The average Bonchev–Trinajstić information content (AvgIpc) is 3.31. The van der Waals surface area contributed by atoms with Crippen molar-refractivity contribution in [2.75, 3.05) is 11.5 Å². The number of hydrogen-bond donors (Lipinski definition) is 0. The fourth-order valence-electron chi connectivity index (χ4n) is 8.20. The number of ketones is 1. The molecule has 1 spiro atoms. The Balaban J connectivity index is 1.38. The Morgan fingerprint density at radius 2 is 1.69 bits per heavy atom. The number of rotatable bonds is 2. The Labute approximate surface area is 184 Å². The zero-order valence-corrected chi connectivity index (χ0v) is 19.8. The molecule has 0 radical (unpaired) electrons. The van der Waals surface area contributed by atoms with E-state index in [1.807, 2.05) is 30.4 Å². The number of ether oxygens (including phenoxy) is 1. The number of hydrogen-bond acceptors (Lipinski definition) is 5. The zero-order chi connectivity index (χ0) is 20.4. The normalized spacial score (nSPS) is 48.1. The van der Waals surface area contributed by atoms with Crippen LogP contribution < -0.4 is 0 Å². The fraction of sp³-hybridized carbons (Fsp3) is 0.917. The van der Waals surface area contributed by atoms with E-state index >= 15 is 0 Å². The standard InChI is InChI=1S/C24H36O3S2/c1-4-20(25)27-19-8-7-16-15-5-6-18-21(26)24(28-13-14-29-24)12-11-22(18,2)17(15)9-10-23(16,19)3/h15-19H,4-14H2,1-3H3/t15?,16?,17?,18?,19?,22-,23+/m1/s1. The fourth-order valence-corrected chi connectivity index (χ4v) is 11.4. The second kappa shape index (κ2) is 7.18. The maximum Gasteiger partial charge on any atom is 0.305 e. The molecular weight excluding hydrogens is 400 g/mol. The van der Waals surface area contributed by atoms with Gasteiger partial charge in [0.1, 0.15) is 10.2 Å². The van der Waals surface area contributed by atoms with Gasteiger partial charge in [0.2, 0.25) is 0 Å². The molecule has 0 bridgehead atoms. The molecule has 5 unspecified atom stereocenters. The number of Topliss-reactive ketones (excluding diaryl/α,β-unsaturated/α-hetero) is 1. The molecule has 4 saturated carbocycles. The summed E-state index contributed by atoms with van der Waals surface area (Å²) >= 11 is 3.89. The Kier molecular flexibility index (Phi) is 5.13. The monoisotopic (exact) mass is 436 g/mol. The molecule has 0 amide bonds. The summed E-state index contributed by atoms with van der Waals surface area (Å²) in [7, 11) is 0. The lowest BCUT2D eigenvalue weighted by atomic mass is 9.45. The van der Waals surface area contributed by atoms with Crippen molar-refractivity contribution < 1.29 is 14.3 Å². The molecule has 1 aliphatic heterocycles. The van der Waals surface area contributed by atoms with E-state index in [1.54, 1.807) is 0 Å². The van der Waals surface area contributed by atoms with E-state index < -0.39 is 0 Å². The summed E-state index contributed by atoms with van der Waals surface area (Å²) in [5.74, 6) is 5.17. The van der Waals surface area contributed by atoms with E-state index in [9.17, 15) is 9.59 Å². The molecule has 3 nitrogen and oxygen atoms in total. The van der Waals surface area contributed by atoms with Gasteiger partial charge in [-0.3, -0.25) is 9.59 Å². The van der Waals surface area contributed by atoms with Gasteiger partial charge in [-0.25, -0.2) is 0 Å². The van der Waals surface area contributed by atoms with Crippen LogP contribution in [0.25, 0.3) is 0 Å². The van der Waals surface area contributed by atoms with Crippen LogP contribution in [-0.4, -0.2) is 33.4 Å². The number of fused-ring (bicyclic) bond motifs is 5. The summed E-state index contributed by atoms with van der Waals surface area (Å²) in [6.07, 6.45) is 9.78. The zero-order valence-electron chi connectivity index (χ0n) is 18.2. The molecule has 29 heavy (non-hydrogen) atoms. The lowest BCUT2D eigenvalue weighted by Crippen LogP contribution is -2.58. The molecule has 5 rings (SSSR count). The topological polar surface area (TPSA) is 43.4 Å². The summed E-state index contributed by atoms with van der Waals surface area (Å²) in [5.41, 5.74) is 0.334. The van der Waals surface area contributed by atoms with Crippen LogP contribution in [0.1, 0.15) is 78.6 Å². The van der Waals surface area contributed by atoms with Crippen LogP contribution in [-0.2, 0) is 14.3 Å². The SMILES string of the molecule is CCC(=O)OC1CCC2C3CCC4C(=O)C5(CC[C@]4(C)C3CC[C@]12C)SCCS5. The highest BCUT2D eigenvalue weighted by molar-refractivity contribution is 8.22. The van der Waals surface area contributed by atoms with E-state index in [1.165, 1.54) is 25.7 Å². The molecule has 5 heteroatoms.